The van der Waals surface area contributed by atoms with Crippen LogP contribution < -0.4 is 10.1 Å². The van der Waals surface area contributed by atoms with E-state index in [0.29, 0.717) is 12.2 Å². The number of pyridine rings is 2. The van der Waals surface area contributed by atoms with Crippen molar-refractivity contribution in [1.82, 2.24) is 15.3 Å². The van der Waals surface area contributed by atoms with Gasteiger partial charge in [0.25, 0.3) is 0 Å². The SMILES string of the molecule is O=C(Cc1cccnc1)NC1CCC(=Cc2cccc(Oc3ccc(C(F)(F)F)cn3)c2)CC1. The molecule has 0 saturated heterocycles. The summed E-state index contributed by atoms with van der Waals surface area (Å²) in [6, 6.07) is 13.4. The second-order valence-corrected chi connectivity index (χ2v) is 8.24. The number of ether oxygens (including phenoxy) is 1. The summed E-state index contributed by atoms with van der Waals surface area (Å²) in [7, 11) is 0. The molecule has 1 aliphatic rings. The predicted molar refractivity (Wildman–Crippen MR) is 122 cm³/mol. The van der Waals surface area contributed by atoms with Crippen molar-refractivity contribution in [2.75, 3.05) is 0 Å². The minimum Gasteiger partial charge on any atom is -0.439 e. The first-order chi connectivity index (χ1) is 16.3. The number of carbonyl (C=O) groups excluding carboxylic acids is 1. The van der Waals surface area contributed by atoms with Gasteiger partial charge in [0.05, 0.1) is 12.0 Å². The molecule has 5 nitrogen and oxygen atoms in total. The Kier molecular flexibility index (Phi) is 7.25. The summed E-state index contributed by atoms with van der Waals surface area (Å²) in [6.45, 7) is 0. The maximum Gasteiger partial charge on any atom is 0.417 e. The van der Waals surface area contributed by atoms with Crippen molar-refractivity contribution in [3.63, 3.8) is 0 Å². The topological polar surface area (TPSA) is 64.1 Å². The van der Waals surface area contributed by atoms with Gasteiger partial charge in [0.15, 0.2) is 0 Å². The Balaban J connectivity index is 1.30. The smallest absolute Gasteiger partial charge is 0.417 e. The molecule has 1 N–H and O–H groups in total. The Morgan fingerprint density at radius 3 is 2.59 bits per heavy atom. The number of benzene rings is 1. The van der Waals surface area contributed by atoms with E-state index >= 15 is 0 Å². The number of halogens is 3. The van der Waals surface area contributed by atoms with Crippen molar-refractivity contribution in [3.05, 3.63) is 89.4 Å². The van der Waals surface area contributed by atoms with Gasteiger partial charge >= 0.3 is 6.18 Å². The minimum absolute atomic E-state index is 0.00663. The average molecular weight is 467 g/mol. The lowest BCUT2D eigenvalue weighted by molar-refractivity contribution is -0.137. The monoisotopic (exact) mass is 467 g/mol. The first-order valence-corrected chi connectivity index (χ1v) is 11.0. The molecule has 0 atom stereocenters. The van der Waals surface area contributed by atoms with Crippen molar-refractivity contribution < 1.29 is 22.7 Å². The second kappa shape index (κ2) is 10.5. The number of carbonyl (C=O) groups is 1. The van der Waals surface area contributed by atoms with Crippen LogP contribution in [0.3, 0.4) is 0 Å². The zero-order valence-electron chi connectivity index (χ0n) is 18.4. The minimum atomic E-state index is -4.43. The van der Waals surface area contributed by atoms with E-state index in [1.807, 2.05) is 30.3 Å². The summed E-state index contributed by atoms with van der Waals surface area (Å²) < 4.78 is 43.7. The number of alkyl halides is 3. The number of rotatable bonds is 6. The van der Waals surface area contributed by atoms with E-state index < -0.39 is 11.7 Å². The van der Waals surface area contributed by atoms with E-state index in [0.717, 1.165) is 49.1 Å². The molecule has 1 fully saturated rings. The van der Waals surface area contributed by atoms with E-state index in [9.17, 15) is 18.0 Å². The molecule has 2 aromatic heterocycles. The van der Waals surface area contributed by atoms with Crippen LogP contribution in [0.15, 0.2) is 72.7 Å². The van der Waals surface area contributed by atoms with E-state index in [4.69, 9.17) is 4.74 Å². The van der Waals surface area contributed by atoms with E-state index in [-0.39, 0.29) is 17.8 Å². The summed E-state index contributed by atoms with van der Waals surface area (Å²) in [5, 5.41) is 3.11. The molecule has 0 aliphatic heterocycles. The van der Waals surface area contributed by atoms with Crippen LogP contribution in [-0.4, -0.2) is 21.9 Å². The summed E-state index contributed by atoms with van der Waals surface area (Å²) in [5.74, 6) is 0.602. The molecule has 0 spiro atoms. The predicted octanol–water partition coefficient (Wildman–Crippen LogP) is 5.97. The first-order valence-electron chi connectivity index (χ1n) is 11.0. The maximum atomic E-state index is 12.7. The van der Waals surface area contributed by atoms with Crippen LogP contribution in [0.1, 0.15) is 42.4 Å². The average Bonchev–Trinajstić information content (AvgIpc) is 2.81. The van der Waals surface area contributed by atoms with Crippen molar-refractivity contribution in [2.45, 2.75) is 44.3 Å². The lowest BCUT2D eigenvalue weighted by Crippen LogP contribution is -2.37. The van der Waals surface area contributed by atoms with Crippen LogP contribution in [0.2, 0.25) is 0 Å². The molecule has 0 unspecified atom stereocenters. The van der Waals surface area contributed by atoms with Crippen LogP contribution >= 0.6 is 0 Å². The number of aromatic nitrogens is 2. The van der Waals surface area contributed by atoms with E-state index in [1.165, 1.54) is 11.6 Å². The zero-order valence-corrected chi connectivity index (χ0v) is 18.4. The highest BCUT2D eigenvalue weighted by Gasteiger charge is 2.30. The van der Waals surface area contributed by atoms with Crippen molar-refractivity contribution in [2.24, 2.45) is 0 Å². The molecule has 4 rings (SSSR count). The third kappa shape index (κ3) is 6.66. The van der Waals surface area contributed by atoms with Crippen molar-refractivity contribution in [1.29, 1.82) is 0 Å². The highest BCUT2D eigenvalue weighted by Crippen LogP contribution is 2.31. The Hall–Kier alpha value is -3.68. The van der Waals surface area contributed by atoms with Gasteiger partial charge in [-0.25, -0.2) is 4.98 Å². The number of nitrogens with zero attached hydrogens (tertiary/aromatic N) is 2. The largest absolute Gasteiger partial charge is 0.439 e. The van der Waals surface area contributed by atoms with Crippen LogP contribution in [0.25, 0.3) is 6.08 Å². The fraction of sp³-hybridized carbons (Fsp3) is 0.269. The molecule has 1 saturated carbocycles. The summed E-state index contributed by atoms with van der Waals surface area (Å²) in [4.78, 5) is 20.1. The Morgan fingerprint density at radius 1 is 1.09 bits per heavy atom. The fourth-order valence-electron chi connectivity index (χ4n) is 3.88. The normalized spacial score (nSPS) is 16.1. The lowest BCUT2D eigenvalue weighted by Gasteiger charge is -2.25. The summed E-state index contributed by atoms with van der Waals surface area (Å²) >= 11 is 0. The molecular weight excluding hydrogens is 443 g/mol. The van der Waals surface area contributed by atoms with Crippen molar-refractivity contribution in [3.8, 4) is 11.6 Å². The van der Waals surface area contributed by atoms with Crippen LogP contribution in [0, 0.1) is 0 Å². The van der Waals surface area contributed by atoms with Gasteiger partial charge in [-0.15, -0.1) is 0 Å². The van der Waals surface area contributed by atoms with Gasteiger partial charge < -0.3 is 10.1 Å². The molecule has 1 aliphatic carbocycles. The zero-order chi connectivity index (χ0) is 24.0. The summed E-state index contributed by atoms with van der Waals surface area (Å²) in [6.07, 6.45) is 5.64. The van der Waals surface area contributed by atoms with E-state index in [2.05, 4.69) is 21.4 Å². The molecular formula is C26H24F3N3O2. The highest BCUT2D eigenvalue weighted by molar-refractivity contribution is 5.78. The molecule has 1 amide bonds. The Morgan fingerprint density at radius 2 is 1.91 bits per heavy atom. The van der Waals surface area contributed by atoms with Gasteiger partial charge in [0.2, 0.25) is 11.8 Å². The van der Waals surface area contributed by atoms with Gasteiger partial charge in [-0.3, -0.25) is 9.78 Å². The molecule has 3 aromatic rings. The van der Waals surface area contributed by atoms with Crippen LogP contribution in [0.4, 0.5) is 13.2 Å². The number of amides is 1. The molecule has 0 bridgehead atoms. The highest BCUT2D eigenvalue weighted by atomic mass is 19.4. The molecule has 8 heteroatoms. The molecule has 0 radical (unpaired) electrons. The molecule has 176 valence electrons. The van der Waals surface area contributed by atoms with Crippen LogP contribution in [-0.2, 0) is 17.4 Å². The third-order valence-corrected chi connectivity index (χ3v) is 5.60. The Bertz CT molecular complexity index is 1140. The number of allylic oxidation sites excluding steroid dienone is 1. The first kappa shape index (κ1) is 23.5. The molecule has 1 aromatic carbocycles. The van der Waals surface area contributed by atoms with Gasteiger partial charge in [-0.05, 0) is 61.1 Å². The third-order valence-electron chi connectivity index (χ3n) is 5.60. The number of hydrogen-bond donors (Lipinski definition) is 1. The number of nitrogens with one attached hydrogen (secondary N) is 1. The standard InChI is InChI=1S/C26H24F3N3O2/c27-26(28,29)21-8-11-25(31-17-21)34-23-5-1-3-19(14-23)13-18-6-9-22(10-7-18)32-24(33)15-20-4-2-12-30-16-20/h1-5,8,11-14,16-17,22H,6-7,9-10,15H2,(H,32,33). The quantitative estimate of drug-likeness (QED) is 0.485. The van der Waals surface area contributed by atoms with Gasteiger partial charge in [0, 0.05) is 30.7 Å². The van der Waals surface area contributed by atoms with Gasteiger partial charge in [-0.1, -0.05) is 29.8 Å². The summed E-state index contributed by atoms with van der Waals surface area (Å²) in [5.41, 5.74) is 2.30. The molecule has 2 heterocycles. The molecule has 34 heavy (non-hydrogen) atoms. The van der Waals surface area contributed by atoms with Crippen molar-refractivity contribution >= 4 is 12.0 Å². The van der Waals surface area contributed by atoms with Gasteiger partial charge in [-0.2, -0.15) is 13.2 Å². The second-order valence-electron chi connectivity index (χ2n) is 8.24. The Labute approximate surface area is 195 Å². The lowest BCUT2D eigenvalue weighted by atomic mass is 9.89. The number of hydrogen-bond acceptors (Lipinski definition) is 4. The fourth-order valence-corrected chi connectivity index (χ4v) is 3.88. The maximum absolute atomic E-state index is 12.7. The van der Waals surface area contributed by atoms with Gasteiger partial charge in [0.1, 0.15) is 5.75 Å². The van der Waals surface area contributed by atoms with Crippen LogP contribution in [0.5, 0.6) is 11.6 Å². The van der Waals surface area contributed by atoms with E-state index in [1.54, 1.807) is 18.5 Å².